The summed E-state index contributed by atoms with van der Waals surface area (Å²) in [5.74, 6) is -1.10. The van der Waals surface area contributed by atoms with Gasteiger partial charge in [-0.1, -0.05) is 29.3 Å². The van der Waals surface area contributed by atoms with E-state index in [1.54, 1.807) is 49.0 Å². The summed E-state index contributed by atoms with van der Waals surface area (Å²) in [5, 5.41) is 3.22. The molecule has 1 amide bonds. The number of hydrogen-bond donors (Lipinski definition) is 1. The van der Waals surface area contributed by atoms with Crippen molar-refractivity contribution in [1.82, 2.24) is 4.57 Å². The Morgan fingerprint density at radius 2 is 2.00 bits per heavy atom. The van der Waals surface area contributed by atoms with Gasteiger partial charge >= 0.3 is 5.97 Å². The zero-order valence-electron chi connectivity index (χ0n) is 12.0. The molecule has 22 heavy (non-hydrogen) atoms. The summed E-state index contributed by atoms with van der Waals surface area (Å²) < 4.78 is 6.56. The molecule has 0 aliphatic heterocycles. The van der Waals surface area contributed by atoms with Crippen LogP contribution in [-0.4, -0.2) is 23.1 Å². The van der Waals surface area contributed by atoms with Crippen LogP contribution < -0.4 is 5.32 Å². The Bertz CT molecular complexity index is 726. The number of amides is 1. The molecule has 0 saturated heterocycles. The number of rotatable bonds is 4. The predicted octanol–water partition coefficient (Wildman–Crippen LogP) is 3.44. The fourth-order valence-electron chi connectivity index (χ4n) is 1.82. The molecular formula is C15H14Cl2N2O3. The molecule has 1 N–H and O–H groups in total. The summed E-state index contributed by atoms with van der Waals surface area (Å²) in [4.78, 5) is 23.7. The highest BCUT2D eigenvalue weighted by molar-refractivity contribution is 6.40. The lowest BCUT2D eigenvalue weighted by Crippen LogP contribution is -2.22. The largest absolute Gasteiger partial charge is 0.451 e. The normalized spacial score (nSPS) is 10.4. The van der Waals surface area contributed by atoms with Crippen LogP contribution in [0.4, 0.5) is 5.69 Å². The molecule has 2 rings (SSSR count). The first-order valence-electron chi connectivity index (χ1n) is 6.43. The van der Waals surface area contributed by atoms with Crippen molar-refractivity contribution in [3.05, 3.63) is 51.8 Å². The number of hydrogen-bond acceptors (Lipinski definition) is 3. The maximum Gasteiger partial charge on any atom is 0.355 e. The molecule has 1 aromatic carbocycles. The van der Waals surface area contributed by atoms with Crippen molar-refractivity contribution in [3.63, 3.8) is 0 Å². The standard InChI is InChI=1S/C15H14Cl2N2O3/c1-9-5-6-10(16)14(13(9)17)18-12(20)8-22-15(21)11-4-3-7-19(11)2/h3-7H,8H2,1-2H3,(H,18,20). The van der Waals surface area contributed by atoms with Gasteiger partial charge in [-0.2, -0.15) is 0 Å². The van der Waals surface area contributed by atoms with Crippen LogP contribution >= 0.6 is 23.2 Å². The summed E-state index contributed by atoms with van der Waals surface area (Å²) in [7, 11) is 1.71. The van der Waals surface area contributed by atoms with Crippen LogP contribution in [0, 0.1) is 6.92 Å². The molecule has 0 fully saturated rings. The number of carbonyl (C=O) groups is 2. The Labute approximate surface area is 137 Å². The second kappa shape index (κ2) is 6.85. The minimum absolute atomic E-state index is 0.309. The van der Waals surface area contributed by atoms with Crippen molar-refractivity contribution in [2.45, 2.75) is 6.92 Å². The van der Waals surface area contributed by atoms with E-state index in [1.807, 2.05) is 0 Å². The fourth-order valence-corrected chi connectivity index (χ4v) is 2.29. The number of nitrogens with one attached hydrogen (secondary N) is 1. The van der Waals surface area contributed by atoms with Crippen LogP contribution in [0.1, 0.15) is 16.1 Å². The Balaban J connectivity index is 1.98. The zero-order valence-corrected chi connectivity index (χ0v) is 13.5. The van der Waals surface area contributed by atoms with E-state index in [0.29, 0.717) is 21.4 Å². The van der Waals surface area contributed by atoms with Gasteiger partial charge in [0.1, 0.15) is 5.69 Å². The van der Waals surface area contributed by atoms with Gasteiger partial charge in [-0.25, -0.2) is 4.79 Å². The van der Waals surface area contributed by atoms with Gasteiger partial charge in [-0.3, -0.25) is 4.79 Å². The third-order valence-electron chi connectivity index (χ3n) is 3.04. The second-order valence-corrected chi connectivity index (χ2v) is 5.47. The lowest BCUT2D eigenvalue weighted by molar-refractivity contribution is -0.119. The molecule has 0 unspecified atom stereocenters. The molecule has 116 valence electrons. The molecule has 1 aromatic heterocycles. The number of aryl methyl sites for hydroxylation is 2. The van der Waals surface area contributed by atoms with Crippen LogP contribution in [0.25, 0.3) is 0 Å². The maximum absolute atomic E-state index is 11.9. The summed E-state index contributed by atoms with van der Waals surface area (Å²) in [6, 6.07) is 6.70. The number of halogens is 2. The third kappa shape index (κ3) is 3.61. The second-order valence-electron chi connectivity index (χ2n) is 4.68. The van der Waals surface area contributed by atoms with Crippen LogP contribution in [-0.2, 0) is 16.6 Å². The molecule has 0 aliphatic carbocycles. The summed E-state index contributed by atoms with van der Waals surface area (Å²) in [6.45, 7) is 1.37. The number of esters is 1. The predicted molar refractivity (Wildman–Crippen MR) is 85.5 cm³/mol. The first-order chi connectivity index (χ1) is 10.4. The van der Waals surface area contributed by atoms with Crippen molar-refractivity contribution >= 4 is 40.8 Å². The Morgan fingerprint density at radius 3 is 2.64 bits per heavy atom. The lowest BCUT2D eigenvalue weighted by Gasteiger charge is -2.11. The van der Waals surface area contributed by atoms with E-state index < -0.39 is 18.5 Å². The molecule has 0 bridgehead atoms. The van der Waals surface area contributed by atoms with Crippen molar-refractivity contribution in [2.75, 3.05) is 11.9 Å². The maximum atomic E-state index is 11.9. The van der Waals surface area contributed by atoms with Gasteiger partial charge < -0.3 is 14.6 Å². The van der Waals surface area contributed by atoms with Gasteiger partial charge in [0.2, 0.25) is 0 Å². The van der Waals surface area contributed by atoms with E-state index in [2.05, 4.69) is 5.32 Å². The van der Waals surface area contributed by atoms with Crippen LogP contribution in [0.15, 0.2) is 30.5 Å². The first-order valence-corrected chi connectivity index (χ1v) is 7.18. The van der Waals surface area contributed by atoms with Crippen LogP contribution in [0.3, 0.4) is 0 Å². The number of anilines is 1. The summed E-state index contributed by atoms with van der Waals surface area (Å²) in [6.07, 6.45) is 1.71. The Hall–Kier alpha value is -1.98. The fraction of sp³-hybridized carbons (Fsp3) is 0.200. The molecule has 1 heterocycles. The highest BCUT2D eigenvalue weighted by atomic mass is 35.5. The van der Waals surface area contributed by atoms with E-state index >= 15 is 0 Å². The number of aromatic nitrogens is 1. The molecule has 0 spiro atoms. The quantitative estimate of drug-likeness (QED) is 0.867. The number of nitrogens with zero attached hydrogens (tertiary/aromatic N) is 1. The minimum Gasteiger partial charge on any atom is -0.451 e. The number of carbonyl (C=O) groups excluding carboxylic acids is 2. The van der Waals surface area contributed by atoms with Crippen LogP contribution in [0.2, 0.25) is 10.0 Å². The van der Waals surface area contributed by atoms with Gasteiger partial charge in [0, 0.05) is 13.2 Å². The van der Waals surface area contributed by atoms with E-state index in [4.69, 9.17) is 27.9 Å². The van der Waals surface area contributed by atoms with Gasteiger partial charge in [-0.05, 0) is 30.7 Å². The van der Waals surface area contributed by atoms with Gasteiger partial charge in [-0.15, -0.1) is 0 Å². The van der Waals surface area contributed by atoms with Crippen molar-refractivity contribution in [2.24, 2.45) is 7.05 Å². The molecular weight excluding hydrogens is 327 g/mol. The van der Waals surface area contributed by atoms with Crippen LogP contribution in [0.5, 0.6) is 0 Å². The van der Waals surface area contributed by atoms with E-state index in [1.165, 1.54) is 0 Å². The molecule has 7 heteroatoms. The SMILES string of the molecule is Cc1ccc(Cl)c(NC(=O)COC(=O)c2cccn2C)c1Cl. The highest BCUT2D eigenvalue weighted by Gasteiger charge is 2.15. The minimum atomic E-state index is -0.580. The molecule has 0 saturated carbocycles. The topological polar surface area (TPSA) is 60.3 Å². The van der Waals surface area contributed by atoms with Crippen molar-refractivity contribution < 1.29 is 14.3 Å². The Morgan fingerprint density at radius 1 is 1.27 bits per heavy atom. The highest BCUT2D eigenvalue weighted by Crippen LogP contribution is 2.32. The molecule has 0 atom stereocenters. The molecule has 0 radical (unpaired) electrons. The van der Waals surface area contributed by atoms with Gasteiger partial charge in [0.05, 0.1) is 15.7 Å². The molecule has 2 aromatic rings. The van der Waals surface area contributed by atoms with Gasteiger partial charge in [0.15, 0.2) is 6.61 Å². The molecule has 0 aliphatic rings. The number of benzene rings is 1. The lowest BCUT2D eigenvalue weighted by atomic mass is 10.2. The van der Waals surface area contributed by atoms with Crippen molar-refractivity contribution in [1.29, 1.82) is 0 Å². The molecule has 5 nitrogen and oxygen atoms in total. The first kappa shape index (κ1) is 16.4. The Kier molecular flexibility index (Phi) is 5.11. The number of ether oxygens (including phenoxy) is 1. The van der Waals surface area contributed by atoms with Gasteiger partial charge in [0.25, 0.3) is 5.91 Å². The average Bonchev–Trinajstić information content (AvgIpc) is 2.91. The average molecular weight is 341 g/mol. The van der Waals surface area contributed by atoms with E-state index in [-0.39, 0.29) is 0 Å². The summed E-state index contributed by atoms with van der Waals surface area (Å²) in [5.41, 5.74) is 1.45. The monoisotopic (exact) mass is 340 g/mol. The van der Waals surface area contributed by atoms with E-state index in [9.17, 15) is 9.59 Å². The zero-order chi connectivity index (χ0) is 16.3. The summed E-state index contributed by atoms with van der Waals surface area (Å²) >= 11 is 12.1. The smallest absolute Gasteiger partial charge is 0.355 e. The van der Waals surface area contributed by atoms with Crippen molar-refractivity contribution in [3.8, 4) is 0 Å². The van der Waals surface area contributed by atoms with E-state index in [0.717, 1.165) is 5.56 Å². The third-order valence-corrected chi connectivity index (χ3v) is 3.84.